The molecule has 1 unspecified atom stereocenters. The van der Waals surface area contributed by atoms with Crippen LogP contribution in [0, 0.1) is 6.92 Å². The van der Waals surface area contributed by atoms with E-state index in [1.54, 1.807) is 12.1 Å². The molecule has 0 radical (unpaired) electrons. The van der Waals surface area contributed by atoms with Gasteiger partial charge < -0.3 is 15.2 Å². The number of hydrogen-bond donors (Lipinski definition) is 2. The summed E-state index contributed by atoms with van der Waals surface area (Å²) in [5.41, 5.74) is 1.42. The smallest absolute Gasteiger partial charge is 0.227 e. The molecule has 1 saturated heterocycles. The Morgan fingerprint density at radius 3 is 3.06 bits per heavy atom. The number of hydrogen-bond acceptors (Lipinski definition) is 3. The third-order valence-corrected chi connectivity index (χ3v) is 2.86. The van der Waals surface area contributed by atoms with Crippen LogP contribution in [0.15, 0.2) is 18.2 Å². The molecule has 1 fully saturated rings. The largest absolute Gasteiger partial charge is 0.506 e. The van der Waals surface area contributed by atoms with Crippen LogP contribution >= 0.6 is 0 Å². The number of aryl methyl sites for hydroxylation is 1. The first kappa shape index (κ1) is 11.9. The lowest BCUT2D eigenvalue weighted by molar-refractivity contribution is -0.118. The molecule has 1 amide bonds. The Morgan fingerprint density at radius 2 is 2.41 bits per heavy atom. The van der Waals surface area contributed by atoms with Crippen LogP contribution in [0.5, 0.6) is 5.75 Å². The molecule has 0 saturated carbocycles. The van der Waals surface area contributed by atoms with Crippen LogP contribution < -0.4 is 5.32 Å². The van der Waals surface area contributed by atoms with Crippen LogP contribution in [-0.4, -0.2) is 23.7 Å². The van der Waals surface area contributed by atoms with E-state index in [1.807, 2.05) is 13.0 Å². The van der Waals surface area contributed by atoms with E-state index in [0.29, 0.717) is 12.1 Å². The monoisotopic (exact) mass is 235 g/mol. The molecule has 1 aliphatic heterocycles. The second-order valence-electron chi connectivity index (χ2n) is 4.41. The van der Waals surface area contributed by atoms with Crippen molar-refractivity contribution in [3.8, 4) is 5.75 Å². The molecule has 0 spiro atoms. The SMILES string of the molecule is Cc1ccc(NC(=O)CC2CCCO2)c(O)c1. The highest BCUT2D eigenvalue weighted by Crippen LogP contribution is 2.24. The number of ether oxygens (including phenoxy) is 1. The van der Waals surface area contributed by atoms with E-state index in [9.17, 15) is 9.90 Å². The number of aromatic hydroxyl groups is 1. The first-order chi connectivity index (χ1) is 8.15. The van der Waals surface area contributed by atoms with Gasteiger partial charge in [0.1, 0.15) is 5.75 Å². The van der Waals surface area contributed by atoms with E-state index in [2.05, 4.69) is 5.32 Å². The fourth-order valence-electron chi connectivity index (χ4n) is 1.96. The first-order valence-electron chi connectivity index (χ1n) is 5.86. The van der Waals surface area contributed by atoms with Gasteiger partial charge in [-0.15, -0.1) is 0 Å². The molecule has 1 atom stereocenters. The van der Waals surface area contributed by atoms with Gasteiger partial charge in [0.25, 0.3) is 0 Å². The fraction of sp³-hybridized carbons (Fsp3) is 0.462. The molecule has 4 nitrogen and oxygen atoms in total. The van der Waals surface area contributed by atoms with Crippen molar-refractivity contribution in [2.45, 2.75) is 32.3 Å². The molecule has 2 N–H and O–H groups in total. The summed E-state index contributed by atoms with van der Waals surface area (Å²) < 4.78 is 5.39. The second-order valence-corrected chi connectivity index (χ2v) is 4.41. The Hall–Kier alpha value is -1.55. The summed E-state index contributed by atoms with van der Waals surface area (Å²) in [5, 5.41) is 12.4. The molecule has 17 heavy (non-hydrogen) atoms. The number of rotatable bonds is 3. The van der Waals surface area contributed by atoms with Gasteiger partial charge in [0.2, 0.25) is 5.91 Å². The third kappa shape index (κ3) is 3.20. The van der Waals surface area contributed by atoms with Gasteiger partial charge in [-0.1, -0.05) is 6.07 Å². The minimum Gasteiger partial charge on any atom is -0.506 e. The van der Waals surface area contributed by atoms with Crippen molar-refractivity contribution in [3.63, 3.8) is 0 Å². The maximum atomic E-state index is 11.7. The van der Waals surface area contributed by atoms with E-state index in [4.69, 9.17) is 4.74 Å². The maximum absolute atomic E-state index is 11.7. The molecule has 1 aliphatic rings. The summed E-state index contributed by atoms with van der Waals surface area (Å²) in [6.07, 6.45) is 2.34. The molecule has 1 aromatic rings. The van der Waals surface area contributed by atoms with Crippen LogP contribution in [0.2, 0.25) is 0 Å². The van der Waals surface area contributed by atoms with E-state index in [-0.39, 0.29) is 17.8 Å². The summed E-state index contributed by atoms with van der Waals surface area (Å²) in [6, 6.07) is 5.18. The van der Waals surface area contributed by atoms with Gasteiger partial charge >= 0.3 is 0 Å². The van der Waals surface area contributed by atoms with Gasteiger partial charge in [0.15, 0.2) is 0 Å². The number of nitrogens with one attached hydrogen (secondary N) is 1. The molecule has 2 rings (SSSR count). The highest BCUT2D eigenvalue weighted by atomic mass is 16.5. The molecule has 0 aliphatic carbocycles. The van der Waals surface area contributed by atoms with Gasteiger partial charge in [0, 0.05) is 6.61 Å². The summed E-state index contributed by atoms with van der Waals surface area (Å²) in [4.78, 5) is 11.7. The summed E-state index contributed by atoms with van der Waals surface area (Å²) in [6.45, 7) is 2.63. The van der Waals surface area contributed by atoms with Crippen molar-refractivity contribution in [3.05, 3.63) is 23.8 Å². The average molecular weight is 235 g/mol. The van der Waals surface area contributed by atoms with Crippen molar-refractivity contribution >= 4 is 11.6 Å². The van der Waals surface area contributed by atoms with Crippen LogP contribution in [0.4, 0.5) is 5.69 Å². The highest BCUT2D eigenvalue weighted by Gasteiger charge is 2.19. The topological polar surface area (TPSA) is 58.6 Å². The van der Waals surface area contributed by atoms with Crippen molar-refractivity contribution in [2.24, 2.45) is 0 Å². The van der Waals surface area contributed by atoms with Crippen molar-refractivity contribution in [2.75, 3.05) is 11.9 Å². The van der Waals surface area contributed by atoms with Gasteiger partial charge in [-0.25, -0.2) is 0 Å². The highest BCUT2D eigenvalue weighted by molar-refractivity contribution is 5.92. The number of carbonyl (C=O) groups is 1. The van der Waals surface area contributed by atoms with E-state index < -0.39 is 0 Å². The predicted molar refractivity (Wildman–Crippen MR) is 65.1 cm³/mol. The van der Waals surface area contributed by atoms with Gasteiger partial charge in [-0.3, -0.25) is 4.79 Å². The second kappa shape index (κ2) is 5.19. The number of amides is 1. The molecule has 0 aromatic heterocycles. The van der Waals surface area contributed by atoms with Crippen LogP contribution in [0.3, 0.4) is 0 Å². The minimum absolute atomic E-state index is 0.0302. The normalized spacial score (nSPS) is 19.2. The van der Waals surface area contributed by atoms with Crippen LogP contribution in [0.1, 0.15) is 24.8 Å². The quantitative estimate of drug-likeness (QED) is 0.790. The fourth-order valence-corrected chi connectivity index (χ4v) is 1.96. The molecule has 1 heterocycles. The first-order valence-corrected chi connectivity index (χ1v) is 5.86. The lowest BCUT2D eigenvalue weighted by atomic mass is 10.1. The van der Waals surface area contributed by atoms with E-state index >= 15 is 0 Å². The van der Waals surface area contributed by atoms with E-state index in [1.165, 1.54) is 0 Å². The number of phenols is 1. The summed E-state index contributed by atoms with van der Waals surface area (Å²) in [5.74, 6) is -0.0123. The molecule has 1 aromatic carbocycles. The lowest BCUT2D eigenvalue weighted by Gasteiger charge is -2.11. The molecule has 92 valence electrons. The van der Waals surface area contributed by atoms with Gasteiger partial charge in [-0.05, 0) is 37.5 Å². The average Bonchev–Trinajstić information content (AvgIpc) is 2.75. The summed E-state index contributed by atoms with van der Waals surface area (Å²) >= 11 is 0. The van der Waals surface area contributed by atoms with Gasteiger partial charge in [-0.2, -0.15) is 0 Å². The Bertz CT molecular complexity index is 411. The number of carbonyl (C=O) groups excluding carboxylic acids is 1. The molecule has 0 bridgehead atoms. The van der Waals surface area contributed by atoms with Gasteiger partial charge in [0.05, 0.1) is 18.2 Å². The Balaban J connectivity index is 1.93. The number of benzene rings is 1. The Morgan fingerprint density at radius 1 is 1.59 bits per heavy atom. The zero-order valence-corrected chi connectivity index (χ0v) is 9.90. The molecular weight excluding hydrogens is 218 g/mol. The standard InChI is InChI=1S/C13H17NO3/c1-9-4-5-11(12(15)7-9)14-13(16)8-10-3-2-6-17-10/h4-5,7,10,15H,2-3,6,8H2,1H3,(H,14,16). The lowest BCUT2D eigenvalue weighted by Crippen LogP contribution is -2.19. The molecular formula is C13H17NO3. The van der Waals surface area contributed by atoms with Crippen molar-refractivity contribution in [1.29, 1.82) is 0 Å². The summed E-state index contributed by atoms with van der Waals surface area (Å²) in [7, 11) is 0. The Kier molecular flexibility index (Phi) is 3.64. The zero-order chi connectivity index (χ0) is 12.3. The van der Waals surface area contributed by atoms with E-state index in [0.717, 1.165) is 25.0 Å². The molecule has 4 heteroatoms. The Labute approximate surface area is 101 Å². The van der Waals surface area contributed by atoms with Crippen molar-refractivity contribution in [1.82, 2.24) is 0 Å². The zero-order valence-electron chi connectivity index (χ0n) is 9.90. The van der Waals surface area contributed by atoms with Crippen molar-refractivity contribution < 1.29 is 14.6 Å². The predicted octanol–water partition coefficient (Wildman–Crippen LogP) is 2.21. The number of anilines is 1. The van der Waals surface area contributed by atoms with Crippen LogP contribution in [0.25, 0.3) is 0 Å². The third-order valence-electron chi connectivity index (χ3n) is 2.86. The number of phenolic OH excluding ortho intramolecular Hbond substituents is 1. The van der Waals surface area contributed by atoms with Crippen LogP contribution in [-0.2, 0) is 9.53 Å². The minimum atomic E-state index is -0.115. The maximum Gasteiger partial charge on any atom is 0.227 e.